The number of hydrogen-bond acceptors (Lipinski definition) is 11. The summed E-state index contributed by atoms with van der Waals surface area (Å²) < 4.78 is 31.2. The van der Waals surface area contributed by atoms with E-state index in [1.54, 1.807) is 37.3 Å². The van der Waals surface area contributed by atoms with Gasteiger partial charge in [-0.2, -0.15) is 0 Å². The average molecular weight is 604 g/mol. The van der Waals surface area contributed by atoms with E-state index in [0.717, 1.165) is 12.8 Å². The van der Waals surface area contributed by atoms with Crippen LogP contribution >= 0.6 is 0 Å². The molecule has 0 aromatic heterocycles. The van der Waals surface area contributed by atoms with E-state index in [1.807, 2.05) is 27.7 Å². The molecule has 2 N–H and O–H groups in total. The van der Waals surface area contributed by atoms with Crippen molar-refractivity contribution in [3.8, 4) is 17.2 Å². The second-order valence-corrected chi connectivity index (χ2v) is 10.2. The number of aliphatic carboxylic acids is 1. The molecule has 0 spiro atoms. The molecule has 2 aromatic carbocycles. The molecule has 43 heavy (non-hydrogen) atoms. The predicted octanol–water partition coefficient (Wildman–Crippen LogP) is 6.00. The molecule has 0 radical (unpaired) electrons. The number of rotatable bonds is 16. The molecule has 2 aromatic rings. The first kappa shape index (κ1) is 34.9. The van der Waals surface area contributed by atoms with Crippen LogP contribution in [0.15, 0.2) is 48.5 Å². The van der Waals surface area contributed by atoms with Crippen molar-refractivity contribution in [1.82, 2.24) is 5.32 Å². The number of nitrogens with one attached hydrogen (secondary N) is 1. The summed E-state index contributed by atoms with van der Waals surface area (Å²) >= 11 is 0. The number of ether oxygens (including phenoxy) is 6. The number of hydrogen-bond donors (Lipinski definition) is 2. The van der Waals surface area contributed by atoms with Gasteiger partial charge in [-0.25, -0.2) is 14.4 Å². The first-order chi connectivity index (χ1) is 20.5. The Morgan fingerprint density at radius 1 is 0.767 bits per heavy atom. The lowest BCUT2D eigenvalue weighted by Gasteiger charge is -2.19. The Morgan fingerprint density at radius 3 is 1.91 bits per heavy atom. The molecule has 0 fully saturated rings. The molecule has 12 nitrogen and oxygen atoms in total. The van der Waals surface area contributed by atoms with Crippen molar-refractivity contribution in [2.75, 3.05) is 19.8 Å². The van der Waals surface area contributed by atoms with Crippen LogP contribution in [-0.2, 0) is 25.4 Å². The quantitative estimate of drug-likeness (QED) is 0.131. The van der Waals surface area contributed by atoms with Gasteiger partial charge in [-0.15, -0.1) is 0 Å². The van der Waals surface area contributed by atoms with Crippen molar-refractivity contribution < 1.29 is 52.7 Å². The molecule has 0 heterocycles. The summed E-state index contributed by atoms with van der Waals surface area (Å²) in [4.78, 5) is 48.7. The Kier molecular flexibility index (Phi) is 14.8. The first-order valence-electron chi connectivity index (χ1n) is 14.2. The van der Waals surface area contributed by atoms with Gasteiger partial charge in [-0.3, -0.25) is 4.79 Å². The fourth-order valence-corrected chi connectivity index (χ4v) is 3.34. The van der Waals surface area contributed by atoms with Crippen LogP contribution in [0.3, 0.4) is 0 Å². The molecule has 2 rings (SSSR count). The summed E-state index contributed by atoms with van der Waals surface area (Å²) in [6.07, 6.45) is -2.07. The van der Waals surface area contributed by atoms with Crippen molar-refractivity contribution in [3.05, 3.63) is 54.1 Å². The molecule has 3 unspecified atom stereocenters. The zero-order valence-electron chi connectivity index (χ0n) is 25.2. The Morgan fingerprint density at radius 2 is 1.35 bits per heavy atom. The van der Waals surface area contributed by atoms with E-state index in [0.29, 0.717) is 11.3 Å². The largest absolute Gasteiger partial charge is 0.514 e. The summed E-state index contributed by atoms with van der Waals surface area (Å²) in [5.41, 5.74) is 0.446. The molecular formula is C31H41NO11. The number of carboxylic acids is 1. The minimum atomic E-state index is -1.16. The maximum atomic E-state index is 12.4. The molecule has 0 aliphatic carbocycles. The number of carboxylic acid groups (broad SMARTS) is 1. The highest BCUT2D eigenvalue weighted by atomic mass is 16.7. The van der Waals surface area contributed by atoms with Gasteiger partial charge >= 0.3 is 24.4 Å². The van der Waals surface area contributed by atoms with E-state index in [-0.39, 0.29) is 49.5 Å². The Balaban J connectivity index is 2.08. The Hall–Kier alpha value is -4.32. The van der Waals surface area contributed by atoms with E-state index in [9.17, 15) is 24.3 Å². The van der Waals surface area contributed by atoms with Gasteiger partial charge in [-0.05, 0) is 55.0 Å². The molecule has 0 amide bonds. The molecule has 0 aliphatic rings. The SMILES string of the molecule is CCC(C)COC(=O)Oc1ccc(C[C@H](NCC(C)OC(=O)Oc2ccccc2)C(=O)O)cc1OC(=O)OCC(C)CC. The zero-order valence-corrected chi connectivity index (χ0v) is 25.2. The molecule has 0 saturated heterocycles. The van der Waals surface area contributed by atoms with E-state index < -0.39 is 36.6 Å². The molecule has 0 saturated carbocycles. The third-order valence-corrected chi connectivity index (χ3v) is 6.39. The molecule has 0 bridgehead atoms. The van der Waals surface area contributed by atoms with E-state index >= 15 is 0 Å². The van der Waals surface area contributed by atoms with E-state index in [4.69, 9.17) is 28.4 Å². The third kappa shape index (κ3) is 13.5. The van der Waals surface area contributed by atoms with Gasteiger partial charge in [0.25, 0.3) is 0 Å². The fourth-order valence-electron chi connectivity index (χ4n) is 3.34. The second-order valence-electron chi connectivity index (χ2n) is 10.2. The van der Waals surface area contributed by atoms with Gasteiger partial charge in [0.2, 0.25) is 0 Å². The van der Waals surface area contributed by atoms with Crippen molar-refractivity contribution in [2.24, 2.45) is 11.8 Å². The van der Waals surface area contributed by atoms with Crippen LogP contribution in [0.2, 0.25) is 0 Å². The summed E-state index contributed by atoms with van der Waals surface area (Å²) in [5, 5.41) is 12.6. The minimum Gasteiger partial charge on any atom is -0.480 e. The van der Waals surface area contributed by atoms with Crippen molar-refractivity contribution in [3.63, 3.8) is 0 Å². The van der Waals surface area contributed by atoms with Gasteiger partial charge in [0.05, 0.1) is 13.2 Å². The number of carbonyl (C=O) groups excluding carboxylic acids is 3. The van der Waals surface area contributed by atoms with Gasteiger partial charge < -0.3 is 38.8 Å². The van der Waals surface area contributed by atoms with Crippen LogP contribution in [0, 0.1) is 11.8 Å². The van der Waals surface area contributed by atoms with Crippen LogP contribution in [-0.4, -0.2) is 61.4 Å². The van der Waals surface area contributed by atoms with Crippen LogP contribution < -0.4 is 19.5 Å². The lowest BCUT2D eigenvalue weighted by Crippen LogP contribution is -2.42. The summed E-state index contributed by atoms with van der Waals surface area (Å²) in [7, 11) is 0. The zero-order chi connectivity index (χ0) is 31.8. The van der Waals surface area contributed by atoms with Crippen molar-refractivity contribution >= 4 is 24.4 Å². The number of para-hydroxylation sites is 1. The third-order valence-electron chi connectivity index (χ3n) is 6.39. The highest BCUT2D eigenvalue weighted by Gasteiger charge is 2.23. The minimum absolute atomic E-state index is 0.00930. The monoisotopic (exact) mass is 603 g/mol. The number of benzene rings is 2. The second kappa shape index (κ2) is 18.3. The first-order valence-corrected chi connectivity index (χ1v) is 14.2. The topological polar surface area (TPSA) is 156 Å². The summed E-state index contributed by atoms with van der Waals surface area (Å²) in [5.74, 6) is -0.852. The summed E-state index contributed by atoms with van der Waals surface area (Å²) in [6, 6.07) is 11.6. The van der Waals surface area contributed by atoms with Gasteiger partial charge in [0.15, 0.2) is 11.5 Å². The van der Waals surface area contributed by atoms with E-state index in [2.05, 4.69) is 5.32 Å². The van der Waals surface area contributed by atoms with Crippen molar-refractivity contribution in [2.45, 2.75) is 66.0 Å². The standard InChI is InChI=1S/C31H41NO11/c1-6-20(3)18-38-29(35)42-26-14-13-23(16-27(26)43-30(36)39-19-21(4)7-2)15-25(28(33)34)32-17-22(5)40-31(37)41-24-11-9-8-10-12-24/h8-14,16,20-22,25,32H,6-7,15,17-19H2,1-5H3,(H,33,34)/t20?,21?,22?,25-/m0/s1. The Bertz CT molecular complexity index is 1190. The predicted molar refractivity (Wildman–Crippen MR) is 155 cm³/mol. The average Bonchev–Trinajstić information content (AvgIpc) is 2.98. The lowest BCUT2D eigenvalue weighted by atomic mass is 10.0. The molecule has 0 aliphatic heterocycles. The highest BCUT2D eigenvalue weighted by Crippen LogP contribution is 2.30. The fraction of sp³-hybridized carbons (Fsp3) is 0.484. The van der Waals surface area contributed by atoms with Gasteiger partial charge in [0, 0.05) is 6.54 Å². The normalized spacial score (nSPS) is 13.5. The molecule has 236 valence electrons. The van der Waals surface area contributed by atoms with Crippen LogP contribution in [0.25, 0.3) is 0 Å². The maximum absolute atomic E-state index is 12.4. The maximum Gasteiger partial charge on any atom is 0.514 e. The smallest absolute Gasteiger partial charge is 0.480 e. The molecular weight excluding hydrogens is 562 g/mol. The highest BCUT2D eigenvalue weighted by molar-refractivity contribution is 5.74. The lowest BCUT2D eigenvalue weighted by molar-refractivity contribution is -0.139. The van der Waals surface area contributed by atoms with Crippen LogP contribution in [0.5, 0.6) is 17.2 Å². The van der Waals surface area contributed by atoms with Gasteiger partial charge in [-0.1, -0.05) is 64.8 Å². The molecule has 4 atom stereocenters. The number of carbonyl (C=O) groups is 4. The van der Waals surface area contributed by atoms with E-state index in [1.165, 1.54) is 18.2 Å². The Labute approximate surface area is 251 Å². The van der Waals surface area contributed by atoms with Crippen molar-refractivity contribution in [1.29, 1.82) is 0 Å². The van der Waals surface area contributed by atoms with Gasteiger partial charge in [0.1, 0.15) is 17.9 Å². The molecule has 12 heteroatoms. The van der Waals surface area contributed by atoms with Crippen LogP contribution in [0.4, 0.5) is 14.4 Å². The van der Waals surface area contributed by atoms with Crippen LogP contribution in [0.1, 0.15) is 53.0 Å². The summed E-state index contributed by atoms with van der Waals surface area (Å²) in [6.45, 7) is 9.62.